The van der Waals surface area contributed by atoms with E-state index in [0.717, 1.165) is 70.6 Å². The lowest BCUT2D eigenvalue weighted by Gasteiger charge is -2.15. The molecule has 0 saturated heterocycles. The fraction of sp³-hybridized carbons (Fsp3) is 0.614. The van der Waals surface area contributed by atoms with E-state index in [2.05, 4.69) is 111 Å². The molecule has 0 aromatic heterocycles. The zero-order valence-electron chi connectivity index (χ0n) is 31.0. The highest BCUT2D eigenvalue weighted by Crippen LogP contribution is 2.09. The van der Waals surface area contributed by atoms with Gasteiger partial charge in [-0.15, -0.1) is 0 Å². The van der Waals surface area contributed by atoms with Gasteiger partial charge in [0.2, 0.25) is 0 Å². The predicted octanol–water partition coefficient (Wildman–Crippen LogP) is 12.6. The van der Waals surface area contributed by atoms with Gasteiger partial charge in [0.1, 0.15) is 6.10 Å². The number of esters is 1. The third kappa shape index (κ3) is 37.8. The Balaban J connectivity index is 3.65. The van der Waals surface area contributed by atoms with Gasteiger partial charge in [-0.1, -0.05) is 150 Å². The van der Waals surface area contributed by atoms with Gasteiger partial charge in [-0.25, -0.2) is 0 Å². The van der Waals surface area contributed by atoms with Crippen LogP contribution in [-0.4, -0.2) is 37.0 Å². The minimum absolute atomic E-state index is 0.204. The molecule has 4 nitrogen and oxygen atoms in total. The first-order valence-electron chi connectivity index (χ1n) is 19.3. The van der Waals surface area contributed by atoms with E-state index in [9.17, 15) is 9.90 Å². The number of unbranched alkanes of at least 4 members (excludes halogenated alkanes) is 10. The van der Waals surface area contributed by atoms with Gasteiger partial charge in [-0.2, -0.15) is 0 Å². The molecule has 0 fully saturated rings. The van der Waals surface area contributed by atoms with Crippen LogP contribution in [-0.2, 0) is 14.3 Å². The molecule has 0 saturated carbocycles. The second kappa shape index (κ2) is 40.5. The van der Waals surface area contributed by atoms with E-state index < -0.39 is 6.10 Å². The monoisotopic (exact) mass is 665 g/mol. The Morgan fingerprint density at radius 2 is 0.938 bits per heavy atom. The number of ether oxygens (including phenoxy) is 2. The Hall–Kier alpha value is -2.69. The number of rotatable bonds is 34. The average molecular weight is 665 g/mol. The molecule has 272 valence electrons. The molecule has 0 amide bonds. The van der Waals surface area contributed by atoms with Crippen molar-refractivity contribution in [2.75, 3.05) is 19.8 Å². The highest BCUT2D eigenvalue weighted by molar-refractivity contribution is 5.69. The summed E-state index contributed by atoms with van der Waals surface area (Å²) in [5.41, 5.74) is 0. The van der Waals surface area contributed by atoms with Crippen LogP contribution in [0, 0.1) is 0 Å². The summed E-state index contributed by atoms with van der Waals surface area (Å²) < 4.78 is 11.1. The summed E-state index contributed by atoms with van der Waals surface area (Å²) in [5.74, 6) is -0.265. The van der Waals surface area contributed by atoms with Gasteiger partial charge >= 0.3 is 5.97 Å². The smallest absolute Gasteiger partial charge is 0.306 e. The number of aliphatic hydroxyl groups excluding tert-OH is 1. The lowest BCUT2D eigenvalue weighted by Crippen LogP contribution is -2.27. The Kier molecular flexibility index (Phi) is 38.2. The van der Waals surface area contributed by atoms with E-state index in [-0.39, 0.29) is 19.2 Å². The summed E-state index contributed by atoms with van der Waals surface area (Å²) in [6.45, 7) is 5.11. The lowest BCUT2D eigenvalue weighted by atomic mass is 10.1. The second-order valence-electron chi connectivity index (χ2n) is 12.3. The van der Waals surface area contributed by atoms with Crippen molar-refractivity contribution in [1.29, 1.82) is 0 Å². The Bertz CT molecular complexity index is 918. The lowest BCUT2D eigenvalue weighted by molar-refractivity contribution is -0.154. The van der Waals surface area contributed by atoms with Crippen molar-refractivity contribution < 1.29 is 19.4 Å². The van der Waals surface area contributed by atoms with Crippen molar-refractivity contribution in [2.24, 2.45) is 0 Å². The van der Waals surface area contributed by atoms with Crippen LogP contribution in [0.1, 0.15) is 149 Å². The third-order valence-electron chi connectivity index (χ3n) is 7.64. The van der Waals surface area contributed by atoms with E-state index in [0.29, 0.717) is 13.0 Å². The van der Waals surface area contributed by atoms with Crippen molar-refractivity contribution in [3.8, 4) is 0 Å². The Morgan fingerprint density at radius 3 is 1.44 bits per heavy atom. The normalized spacial score (nSPS) is 13.5. The second-order valence-corrected chi connectivity index (χ2v) is 12.3. The van der Waals surface area contributed by atoms with E-state index in [1.165, 1.54) is 57.8 Å². The van der Waals surface area contributed by atoms with Crippen LogP contribution in [0.4, 0.5) is 0 Å². The third-order valence-corrected chi connectivity index (χ3v) is 7.64. The zero-order chi connectivity index (χ0) is 34.9. The Labute approximate surface area is 296 Å². The summed E-state index contributed by atoms with van der Waals surface area (Å²) in [4.78, 5) is 12.1. The largest absolute Gasteiger partial charge is 0.457 e. The van der Waals surface area contributed by atoms with Crippen LogP contribution in [0.25, 0.3) is 0 Å². The molecule has 1 atom stereocenters. The maximum absolute atomic E-state index is 12.1. The summed E-state index contributed by atoms with van der Waals surface area (Å²) in [6, 6.07) is 0. The van der Waals surface area contributed by atoms with Crippen LogP contribution in [0.15, 0.2) is 97.2 Å². The van der Waals surface area contributed by atoms with Gasteiger partial charge in [-0.05, 0) is 89.9 Å². The molecule has 0 rings (SSSR count). The predicted molar refractivity (Wildman–Crippen MR) is 209 cm³/mol. The fourth-order valence-corrected chi connectivity index (χ4v) is 4.78. The molecule has 0 aromatic carbocycles. The van der Waals surface area contributed by atoms with E-state index in [1.54, 1.807) is 0 Å². The van der Waals surface area contributed by atoms with E-state index in [1.807, 2.05) is 0 Å². The van der Waals surface area contributed by atoms with Crippen molar-refractivity contribution in [1.82, 2.24) is 0 Å². The number of hydrogen-bond donors (Lipinski definition) is 1. The van der Waals surface area contributed by atoms with Gasteiger partial charge in [0, 0.05) is 13.0 Å². The van der Waals surface area contributed by atoms with Crippen molar-refractivity contribution in [3.63, 3.8) is 0 Å². The summed E-state index contributed by atoms with van der Waals surface area (Å²) >= 11 is 0. The molecule has 0 aliphatic heterocycles. The number of carbonyl (C=O) groups excluding carboxylic acids is 1. The quantitative estimate of drug-likeness (QED) is 0.0422. The summed E-state index contributed by atoms with van der Waals surface area (Å²) in [7, 11) is 0. The minimum Gasteiger partial charge on any atom is -0.457 e. The summed E-state index contributed by atoms with van der Waals surface area (Å²) in [5, 5.41) is 9.56. The zero-order valence-corrected chi connectivity index (χ0v) is 31.0. The standard InChI is InChI=1S/C44H72O4/c1-3-5-7-9-11-13-15-17-18-19-20-21-22-23-24-25-26-27-29-31-33-35-37-39-44(46)48-43(41-45)42-47-40-38-36-34-32-30-28-16-14-12-10-8-6-4-2/h5,7,11-14,17-18,20-21,23-24,26-27,31,33,43,45H,3-4,6,8-10,15-16,19,22,25,28-30,32,34-42H2,1-2H3/b7-5-,13-11-,14-12-,18-17-,21-20-,24-23-,27-26-,33-31-. The topological polar surface area (TPSA) is 55.8 Å². The molecule has 0 heterocycles. The minimum atomic E-state index is -0.573. The average Bonchev–Trinajstić information content (AvgIpc) is 3.09. The number of hydrogen-bond acceptors (Lipinski definition) is 4. The molecule has 0 aliphatic carbocycles. The SMILES string of the molecule is CC/C=C\C/C=C\C/C=C\C/C=C\C/C=C\C/C=C\C/C=C\CCCC(=O)OC(CO)COCCCCCCCC/C=C\CCCCC. The first kappa shape index (κ1) is 45.3. The van der Waals surface area contributed by atoms with Crippen molar-refractivity contribution in [3.05, 3.63) is 97.2 Å². The highest BCUT2D eigenvalue weighted by Gasteiger charge is 2.13. The molecule has 0 bridgehead atoms. The first-order chi connectivity index (χ1) is 23.7. The van der Waals surface area contributed by atoms with Crippen molar-refractivity contribution in [2.45, 2.75) is 155 Å². The Morgan fingerprint density at radius 1 is 0.521 bits per heavy atom. The van der Waals surface area contributed by atoms with Gasteiger partial charge in [0.15, 0.2) is 0 Å². The van der Waals surface area contributed by atoms with E-state index >= 15 is 0 Å². The first-order valence-corrected chi connectivity index (χ1v) is 19.3. The molecule has 1 N–H and O–H groups in total. The molecular formula is C44H72O4. The molecule has 1 unspecified atom stereocenters. The molecule has 4 heteroatoms. The van der Waals surface area contributed by atoms with Gasteiger partial charge in [-0.3, -0.25) is 4.79 Å². The maximum Gasteiger partial charge on any atom is 0.306 e. The number of carbonyl (C=O) groups is 1. The number of allylic oxidation sites excluding steroid dienone is 16. The van der Waals surface area contributed by atoms with Crippen LogP contribution in [0.3, 0.4) is 0 Å². The van der Waals surface area contributed by atoms with Crippen LogP contribution < -0.4 is 0 Å². The molecule has 0 aliphatic rings. The van der Waals surface area contributed by atoms with Crippen LogP contribution in [0.5, 0.6) is 0 Å². The maximum atomic E-state index is 12.1. The fourth-order valence-electron chi connectivity index (χ4n) is 4.78. The van der Waals surface area contributed by atoms with E-state index in [4.69, 9.17) is 9.47 Å². The van der Waals surface area contributed by atoms with Crippen LogP contribution in [0.2, 0.25) is 0 Å². The van der Waals surface area contributed by atoms with Gasteiger partial charge in [0.25, 0.3) is 0 Å². The highest BCUT2D eigenvalue weighted by atomic mass is 16.6. The van der Waals surface area contributed by atoms with Gasteiger partial charge < -0.3 is 14.6 Å². The van der Waals surface area contributed by atoms with Crippen LogP contribution >= 0.6 is 0 Å². The molecular weight excluding hydrogens is 592 g/mol. The molecule has 0 spiro atoms. The molecule has 48 heavy (non-hydrogen) atoms. The van der Waals surface area contributed by atoms with Crippen molar-refractivity contribution >= 4 is 5.97 Å². The molecule has 0 radical (unpaired) electrons. The molecule has 0 aromatic rings. The number of aliphatic hydroxyl groups is 1. The van der Waals surface area contributed by atoms with Gasteiger partial charge in [0.05, 0.1) is 13.2 Å². The summed E-state index contributed by atoms with van der Waals surface area (Å²) in [6.07, 6.45) is 57.4.